The van der Waals surface area contributed by atoms with Gasteiger partial charge in [0.2, 0.25) is 0 Å². The van der Waals surface area contributed by atoms with Gasteiger partial charge >= 0.3 is 0 Å². The van der Waals surface area contributed by atoms with E-state index in [-0.39, 0.29) is 0 Å². The van der Waals surface area contributed by atoms with Crippen LogP contribution >= 0.6 is 137 Å². The minimum Gasteiger partial charge on any atom is -0.0978 e. The van der Waals surface area contributed by atoms with Gasteiger partial charge in [-0.15, -0.1) is 0 Å². The molecule has 0 aliphatic rings. The number of hydrogen-bond donors (Lipinski definition) is 0. The summed E-state index contributed by atoms with van der Waals surface area (Å²) < 4.78 is 2.57. The summed E-state index contributed by atoms with van der Waals surface area (Å²) in [5.41, 5.74) is 1.80. The normalized spacial score (nSPS) is 10.1. The maximum atomic E-state index is 6.71. The van der Waals surface area contributed by atoms with Crippen molar-refractivity contribution in [3.63, 3.8) is 0 Å². The van der Waals surface area contributed by atoms with Gasteiger partial charge in [-0.2, -0.15) is 0 Å². The van der Waals surface area contributed by atoms with E-state index in [4.69, 9.17) is 69.6 Å². The van der Waals surface area contributed by atoms with Gasteiger partial charge in [-0.25, -0.2) is 0 Å². The first kappa shape index (κ1) is 44.1. The summed E-state index contributed by atoms with van der Waals surface area (Å²) in [6, 6.07) is 0. The van der Waals surface area contributed by atoms with Gasteiger partial charge in [0.1, 0.15) is 0 Å². The minimum absolute atomic E-state index is 0.445. The molecule has 0 bridgehead atoms. The van der Waals surface area contributed by atoms with Gasteiger partial charge in [-0.05, 0) is 87.0 Å². The monoisotopic (exact) mass is 1060 g/mol. The smallest absolute Gasteiger partial charge is 0.0750 e. The number of unbranched alkanes of at least 4 members (excludes halogenated alkanes) is 12. The van der Waals surface area contributed by atoms with Gasteiger partial charge in [-0.3, -0.25) is 0 Å². The molecule has 2 aromatic rings. The van der Waals surface area contributed by atoms with Crippen LogP contribution in [0.2, 0.25) is 30.1 Å². The fraction of sp³-hybridized carbons (Fsp3) is 0.500. The predicted molar refractivity (Wildman–Crippen MR) is 228 cm³/mol. The Kier molecular flexibility index (Phi) is 25.4. The lowest BCUT2D eigenvalue weighted by atomic mass is 10.0. The molecule has 0 unspecified atom stereocenters. The second kappa shape index (κ2) is 25.9. The Morgan fingerprint density at radius 2 is 0.622 bits per heavy atom. The van der Waals surface area contributed by atoms with E-state index in [1.54, 1.807) is 0 Å². The molecule has 2 rings (SSSR count). The molecule has 0 spiro atoms. The third-order valence-corrected chi connectivity index (χ3v) is 14.0. The number of benzene rings is 2. The van der Waals surface area contributed by atoms with Crippen LogP contribution in [0.3, 0.4) is 0 Å². The van der Waals surface area contributed by atoms with Crippen LogP contribution in [0.15, 0.2) is 0 Å². The fourth-order valence-corrected chi connectivity index (χ4v) is 8.82. The molecule has 0 nitrogen and oxygen atoms in total. The third kappa shape index (κ3) is 15.6. The van der Waals surface area contributed by atoms with E-state index in [9.17, 15) is 0 Å². The zero-order valence-electron chi connectivity index (χ0n) is 26.0. The first-order valence-electron chi connectivity index (χ1n) is 15.4. The molecule has 0 atom stereocenters. The summed E-state index contributed by atoms with van der Waals surface area (Å²) in [6.07, 6.45) is 16.6. The van der Waals surface area contributed by atoms with Crippen molar-refractivity contribution in [2.75, 3.05) is 0 Å². The summed E-state index contributed by atoms with van der Waals surface area (Å²) >= 11 is 44.4. The van der Waals surface area contributed by atoms with Gasteiger partial charge in [0, 0.05) is 19.3 Å². The first-order chi connectivity index (χ1) is 21.5. The summed E-state index contributed by atoms with van der Waals surface area (Å²) in [5, 5.41) is 3.23. The van der Waals surface area contributed by atoms with E-state index >= 15 is 0 Å². The van der Waals surface area contributed by atoms with Gasteiger partial charge < -0.3 is 0 Å². The quantitative estimate of drug-likeness (QED) is 0.0653. The van der Waals surface area contributed by atoms with E-state index < -0.39 is 0 Å². The Balaban J connectivity index is 0.000000701. The van der Waals surface area contributed by atoms with Crippen LogP contribution in [-0.2, 0) is 0 Å². The standard InChI is InChI=1S/C30H39Cl3.C6Cl3I3/c1-4-7-10-13-16-19-22-25-28(31)26(23-20-17-14-11-8-5-2)30(33)27(29(25)32)24-21-18-15-12-9-6-3;7-1-4(10)2(8)6(12)3(9)5(1)11/h4-18H2,1-3H3;. The lowest BCUT2D eigenvalue weighted by Gasteiger charge is -2.09. The van der Waals surface area contributed by atoms with Crippen LogP contribution in [-0.4, -0.2) is 0 Å². The minimum atomic E-state index is 0.445. The molecule has 0 aliphatic carbocycles. The highest BCUT2D eigenvalue weighted by Gasteiger charge is 2.19. The molecular weight excluding hydrogens is 1030 g/mol. The highest BCUT2D eigenvalue weighted by molar-refractivity contribution is 14.1. The second-order valence-electron chi connectivity index (χ2n) is 10.3. The summed E-state index contributed by atoms with van der Waals surface area (Å²) in [5.74, 6) is 19.3. The molecule has 0 aromatic heterocycles. The molecule has 0 heterocycles. The van der Waals surface area contributed by atoms with Crippen molar-refractivity contribution in [2.24, 2.45) is 0 Å². The largest absolute Gasteiger partial charge is 0.0978 e. The van der Waals surface area contributed by atoms with Crippen molar-refractivity contribution in [1.29, 1.82) is 0 Å². The molecule has 0 fully saturated rings. The molecular formula is C36H39Cl6I3. The SMILES string of the molecule is CCCCCCC#Cc1c(Cl)c(C#CCCCCCC)c(Cl)c(C#CCCCCCC)c1Cl.Clc1c(I)c(Cl)c(I)c(Cl)c1I. The van der Waals surface area contributed by atoms with Gasteiger partial charge in [0.15, 0.2) is 0 Å². The zero-order valence-corrected chi connectivity index (χ0v) is 37.0. The van der Waals surface area contributed by atoms with Crippen molar-refractivity contribution < 1.29 is 0 Å². The number of rotatable bonds is 12. The van der Waals surface area contributed by atoms with Crippen LogP contribution in [0.1, 0.15) is 134 Å². The summed E-state index contributed by atoms with van der Waals surface area (Å²) in [7, 11) is 0. The van der Waals surface area contributed by atoms with E-state index in [0.29, 0.717) is 46.8 Å². The molecule has 9 heteroatoms. The fourth-order valence-electron chi connectivity index (χ4n) is 3.94. The van der Waals surface area contributed by atoms with Crippen molar-refractivity contribution in [2.45, 2.75) is 117 Å². The average molecular weight is 1070 g/mol. The molecule has 246 valence electrons. The van der Waals surface area contributed by atoms with Crippen molar-refractivity contribution in [1.82, 2.24) is 0 Å². The highest BCUT2D eigenvalue weighted by atomic mass is 127. The van der Waals surface area contributed by atoms with E-state index in [0.717, 1.165) is 49.2 Å². The Labute approximate surface area is 343 Å². The summed E-state index contributed by atoms with van der Waals surface area (Å²) in [4.78, 5) is 0. The van der Waals surface area contributed by atoms with Crippen LogP contribution in [0, 0.1) is 46.2 Å². The Hall–Kier alpha value is 1.05. The lowest BCUT2D eigenvalue weighted by molar-refractivity contribution is 0.679. The maximum Gasteiger partial charge on any atom is 0.0750 e. The molecule has 0 radical (unpaired) electrons. The molecule has 0 saturated heterocycles. The third-order valence-electron chi connectivity index (χ3n) is 6.58. The first-order valence-corrected chi connectivity index (χ1v) is 20.9. The summed E-state index contributed by atoms with van der Waals surface area (Å²) in [6.45, 7) is 6.62. The van der Waals surface area contributed by atoms with Crippen molar-refractivity contribution in [3.05, 3.63) is 57.5 Å². The Bertz CT molecular complexity index is 1190. The molecule has 0 aliphatic heterocycles. The molecule has 0 saturated carbocycles. The lowest BCUT2D eigenvalue weighted by Crippen LogP contribution is -1.94. The second-order valence-corrected chi connectivity index (χ2v) is 15.8. The molecule has 0 amide bonds. The van der Waals surface area contributed by atoms with E-state index in [1.807, 2.05) is 0 Å². The Morgan fingerprint density at radius 3 is 0.844 bits per heavy atom. The molecule has 45 heavy (non-hydrogen) atoms. The van der Waals surface area contributed by atoms with Crippen LogP contribution in [0.5, 0.6) is 0 Å². The van der Waals surface area contributed by atoms with Gasteiger partial charge in [-0.1, -0.05) is 184 Å². The number of hydrogen-bond acceptors (Lipinski definition) is 0. The zero-order chi connectivity index (χ0) is 33.8. The predicted octanol–water partition coefficient (Wildman–Crippen LogP) is 16.1. The molecule has 0 N–H and O–H groups in total. The van der Waals surface area contributed by atoms with Crippen LogP contribution < -0.4 is 0 Å². The van der Waals surface area contributed by atoms with Crippen molar-refractivity contribution in [3.8, 4) is 35.5 Å². The number of halogens is 9. The molecule has 2 aromatic carbocycles. The van der Waals surface area contributed by atoms with Crippen molar-refractivity contribution >= 4 is 137 Å². The van der Waals surface area contributed by atoms with E-state index in [1.165, 1.54) is 57.8 Å². The maximum absolute atomic E-state index is 6.71. The average Bonchev–Trinajstić information content (AvgIpc) is 3.03. The van der Waals surface area contributed by atoms with Crippen LogP contribution in [0.4, 0.5) is 0 Å². The van der Waals surface area contributed by atoms with Gasteiger partial charge in [0.05, 0.1) is 57.5 Å². The van der Waals surface area contributed by atoms with Crippen LogP contribution in [0.25, 0.3) is 0 Å². The topological polar surface area (TPSA) is 0 Å². The van der Waals surface area contributed by atoms with Gasteiger partial charge in [0.25, 0.3) is 0 Å². The van der Waals surface area contributed by atoms with E-state index in [2.05, 4.69) is 124 Å². The highest BCUT2D eigenvalue weighted by Crippen LogP contribution is 2.40. The Morgan fingerprint density at radius 1 is 0.378 bits per heavy atom.